The number of ether oxygens (including phenoxy) is 1. The lowest BCUT2D eigenvalue weighted by molar-refractivity contribution is 0.150. The highest BCUT2D eigenvalue weighted by atomic mass is 16.5. The Kier molecular flexibility index (Phi) is 6.93. The number of hydrogen-bond donors (Lipinski definition) is 1. The van der Waals surface area contributed by atoms with E-state index in [2.05, 4.69) is 24.1 Å². The quantitative estimate of drug-likeness (QED) is 0.715. The van der Waals surface area contributed by atoms with Crippen molar-refractivity contribution in [1.29, 1.82) is 0 Å². The van der Waals surface area contributed by atoms with Gasteiger partial charge in [0, 0.05) is 26.7 Å². The second-order valence-corrected chi connectivity index (χ2v) is 4.12. The first-order valence-electron chi connectivity index (χ1n) is 6.26. The Labute approximate surface area is 104 Å². The maximum absolute atomic E-state index is 5.35. The van der Waals surface area contributed by atoms with Crippen LogP contribution < -0.4 is 5.32 Å². The fourth-order valence-corrected chi connectivity index (χ4v) is 1.73. The Morgan fingerprint density at radius 2 is 2.29 bits per heavy atom. The minimum absolute atomic E-state index is 0.270. The van der Waals surface area contributed by atoms with Crippen molar-refractivity contribution >= 4 is 0 Å². The molecule has 0 fully saturated rings. The SMILES string of the molecule is CCN(CCNC(C)c1ccco1)CCOC. The van der Waals surface area contributed by atoms with E-state index in [1.165, 1.54) is 0 Å². The van der Waals surface area contributed by atoms with E-state index in [0.717, 1.165) is 38.5 Å². The Morgan fingerprint density at radius 3 is 2.88 bits per heavy atom. The van der Waals surface area contributed by atoms with Gasteiger partial charge in [0.2, 0.25) is 0 Å². The normalized spacial score (nSPS) is 13.2. The molecule has 1 aromatic rings. The third kappa shape index (κ3) is 5.35. The number of furan rings is 1. The van der Waals surface area contributed by atoms with Gasteiger partial charge in [-0.1, -0.05) is 6.92 Å². The molecule has 1 N–H and O–H groups in total. The van der Waals surface area contributed by atoms with Crippen molar-refractivity contribution in [3.8, 4) is 0 Å². The van der Waals surface area contributed by atoms with Crippen LogP contribution in [0.3, 0.4) is 0 Å². The average Bonchev–Trinajstić information content (AvgIpc) is 2.87. The van der Waals surface area contributed by atoms with Crippen molar-refractivity contribution in [3.63, 3.8) is 0 Å². The van der Waals surface area contributed by atoms with Crippen LogP contribution >= 0.6 is 0 Å². The first-order valence-corrected chi connectivity index (χ1v) is 6.26. The van der Waals surface area contributed by atoms with Crippen LogP contribution in [0.4, 0.5) is 0 Å². The highest BCUT2D eigenvalue weighted by Gasteiger charge is 2.07. The summed E-state index contributed by atoms with van der Waals surface area (Å²) in [5.74, 6) is 0.991. The number of hydrogen-bond acceptors (Lipinski definition) is 4. The highest BCUT2D eigenvalue weighted by molar-refractivity contribution is 5.02. The van der Waals surface area contributed by atoms with Gasteiger partial charge in [-0.05, 0) is 25.6 Å². The maximum atomic E-state index is 5.35. The summed E-state index contributed by atoms with van der Waals surface area (Å²) in [7, 11) is 1.74. The van der Waals surface area contributed by atoms with E-state index in [1.807, 2.05) is 12.1 Å². The molecular formula is C13H24N2O2. The Bertz CT molecular complexity index is 275. The fourth-order valence-electron chi connectivity index (χ4n) is 1.73. The monoisotopic (exact) mass is 240 g/mol. The molecule has 1 aromatic heterocycles. The second kappa shape index (κ2) is 8.28. The Balaban J connectivity index is 2.17. The minimum Gasteiger partial charge on any atom is -0.468 e. The fraction of sp³-hybridized carbons (Fsp3) is 0.692. The van der Waals surface area contributed by atoms with Crippen molar-refractivity contribution in [2.24, 2.45) is 0 Å². The van der Waals surface area contributed by atoms with E-state index in [0.29, 0.717) is 0 Å². The average molecular weight is 240 g/mol. The maximum Gasteiger partial charge on any atom is 0.120 e. The summed E-state index contributed by atoms with van der Waals surface area (Å²) < 4.78 is 10.4. The van der Waals surface area contributed by atoms with Crippen molar-refractivity contribution in [2.45, 2.75) is 19.9 Å². The third-order valence-electron chi connectivity index (χ3n) is 2.91. The topological polar surface area (TPSA) is 37.6 Å². The Hall–Kier alpha value is -0.840. The number of likely N-dealkylation sites (N-methyl/N-ethyl adjacent to an activating group) is 1. The molecule has 1 heterocycles. The van der Waals surface area contributed by atoms with Gasteiger partial charge in [0.25, 0.3) is 0 Å². The van der Waals surface area contributed by atoms with E-state index in [4.69, 9.17) is 9.15 Å². The van der Waals surface area contributed by atoms with Crippen LogP contribution in [0.5, 0.6) is 0 Å². The Morgan fingerprint density at radius 1 is 1.47 bits per heavy atom. The predicted molar refractivity (Wildman–Crippen MR) is 69.1 cm³/mol. The molecule has 17 heavy (non-hydrogen) atoms. The van der Waals surface area contributed by atoms with Crippen LogP contribution in [0.1, 0.15) is 25.6 Å². The molecule has 0 spiro atoms. The second-order valence-electron chi connectivity index (χ2n) is 4.12. The van der Waals surface area contributed by atoms with Crippen LogP contribution in [0.25, 0.3) is 0 Å². The summed E-state index contributed by atoms with van der Waals surface area (Å²) in [6.45, 7) is 9.12. The molecule has 0 saturated heterocycles. The lowest BCUT2D eigenvalue weighted by Gasteiger charge is -2.21. The summed E-state index contributed by atoms with van der Waals surface area (Å²) in [5.41, 5.74) is 0. The smallest absolute Gasteiger partial charge is 0.120 e. The summed E-state index contributed by atoms with van der Waals surface area (Å²) in [4.78, 5) is 2.37. The van der Waals surface area contributed by atoms with Gasteiger partial charge in [0.15, 0.2) is 0 Å². The molecule has 98 valence electrons. The lowest BCUT2D eigenvalue weighted by atomic mass is 10.2. The third-order valence-corrected chi connectivity index (χ3v) is 2.91. The molecule has 1 atom stereocenters. The van der Waals surface area contributed by atoms with Gasteiger partial charge < -0.3 is 19.4 Å². The predicted octanol–water partition coefficient (Wildman–Crippen LogP) is 1.90. The van der Waals surface area contributed by atoms with Gasteiger partial charge in [-0.25, -0.2) is 0 Å². The van der Waals surface area contributed by atoms with Gasteiger partial charge in [-0.15, -0.1) is 0 Å². The number of nitrogens with one attached hydrogen (secondary N) is 1. The zero-order valence-corrected chi connectivity index (χ0v) is 11.1. The zero-order valence-electron chi connectivity index (χ0n) is 11.1. The number of rotatable bonds is 9. The largest absolute Gasteiger partial charge is 0.468 e. The van der Waals surface area contributed by atoms with Gasteiger partial charge in [0.05, 0.1) is 18.9 Å². The molecule has 0 aromatic carbocycles. The first kappa shape index (κ1) is 14.2. The van der Waals surface area contributed by atoms with Crippen LogP contribution in [-0.2, 0) is 4.74 Å². The molecule has 1 rings (SSSR count). The van der Waals surface area contributed by atoms with E-state index in [1.54, 1.807) is 13.4 Å². The molecule has 1 unspecified atom stereocenters. The molecular weight excluding hydrogens is 216 g/mol. The van der Waals surface area contributed by atoms with Crippen molar-refractivity contribution in [2.75, 3.05) is 39.9 Å². The molecule has 0 aliphatic rings. The van der Waals surface area contributed by atoms with E-state index >= 15 is 0 Å². The van der Waals surface area contributed by atoms with Crippen molar-refractivity contribution in [3.05, 3.63) is 24.2 Å². The van der Waals surface area contributed by atoms with Crippen LogP contribution in [0, 0.1) is 0 Å². The molecule has 0 aliphatic carbocycles. The number of nitrogens with zero attached hydrogens (tertiary/aromatic N) is 1. The van der Waals surface area contributed by atoms with Crippen LogP contribution in [-0.4, -0.2) is 44.8 Å². The van der Waals surface area contributed by atoms with E-state index in [-0.39, 0.29) is 6.04 Å². The molecule has 0 amide bonds. The van der Waals surface area contributed by atoms with Gasteiger partial charge in [-0.3, -0.25) is 0 Å². The summed E-state index contributed by atoms with van der Waals surface area (Å²) in [6, 6.07) is 4.19. The van der Waals surface area contributed by atoms with E-state index in [9.17, 15) is 0 Å². The molecule has 0 radical (unpaired) electrons. The van der Waals surface area contributed by atoms with Crippen LogP contribution in [0.15, 0.2) is 22.8 Å². The molecule has 4 heteroatoms. The summed E-state index contributed by atoms with van der Waals surface area (Å²) in [6.07, 6.45) is 1.71. The standard InChI is InChI=1S/C13H24N2O2/c1-4-15(9-11-16-3)8-7-14-12(2)13-6-5-10-17-13/h5-6,10,12,14H,4,7-9,11H2,1-3H3. The highest BCUT2D eigenvalue weighted by Crippen LogP contribution is 2.11. The molecule has 0 aliphatic heterocycles. The number of methoxy groups -OCH3 is 1. The summed E-state index contributed by atoms with van der Waals surface area (Å²) in [5, 5.41) is 3.45. The molecule has 4 nitrogen and oxygen atoms in total. The van der Waals surface area contributed by atoms with Gasteiger partial charge in [0.1, 0.15) is 5.76 Å². The van der Waals surface area contributed by atoms with Crippen molar-refractivity contribution < 1.29 is 9.15 Å². The summed E-state index contributed by atoms with van der Waals surface area (Å²) >= 11 is 0. The molecule has 0 saturated carbocycles. The minimum atomic E-state index is 0.270. The van der Waals surface area contributed by atoms with Crippen molar-refractivity contribution in [1.82, 2.24) is 10.2 Å². The van der Waals surface area contributed by atoms with Crippen LogP contribution in [0.2, 0.25) is 0 Å². The van der Waals surface area contributed by atoms with E-state index < -0.39 is 0 Å². The molecule has 0 bridgehead atoms. The lowest BCUT2D eigenvalue weighted by Crippen LogP contribution is -2.35. The van der Waals surface area contributed by atoms with Gasteiger partial charge >= 0.3 is 0 Å². The zero-order chi connectivity index (χ0) is 12.5. The van der Waals surface area contributed by atoms with Gasteiger partial charge in [-0.2, -0.15) is 0 Å². The first-order chi connectivity index (χ1) is 8.27.